The molecule has 0 saturated heterocycles. The van der Waals surface area contributed by atoms with Crippen LogP contribution in [0.3, 0.4) is 0 Å². The predicted molar refractivity (Wildman–Crippen MR) is 104 cm³/mol. The quantitative estimate of drug-likeness (QED) is 0.321. The van der Waals surface area contributed by atoms with Crippen LogP contribution in [-0.2, 0) is 0 Å². The highest BCUT2D eigenvalue weighted by Gasteiger charge is 2.21. The van der Waals surface area contributed by atoms with E-state index in [2.05, 4.69) is 4.98 Å². The summed E-state index contributed by atoms with van der Waals surface area (Å²) in [6, 6.07) is 20.2. The van der Waals surface area contributed by atoms with Crippen LogP contribution in [0.2, 0.25) is 0 Å². The van der Waals surface area contributed by atoms with E-state index in [1.165, 1.54) is 0 Å². The molecule has 0 aliphatic heterocycles. The van der Waals surface area contributed by atoms with Gasteiger partial charge in [-0.15, -0.1) is 0 Å². The first kappa shape index (κ1) is 15.8. The molecule has 0 radical (unpaired) electrons. The van der Waals surface area contributed by atoms with Crippen LogP contribution in [0, 0.1) is 10.1 Å². The van der Waals surface area contributed by atoms with Crippen molar-refractivity contribution in [2.24, 2.45) is 0 Å². The van der Waals surface area contributed by atoms with Crippen molar-refractivity contribution in [3.63, 3.8) is 0 Å². The highest BCUT2D eigenvalue weighted by molar-refractivity contribution is 6.05. The maximum absolute atomic E-state index is 11.7. The van der Waals surface area contributed by atoms with Crippen LogP contribution in [0.5, 0.6) is 0 Å². The molecule has 0 aliphatic carbocycles. The molecular formula is C21H15N3O2. The summed E-state index contributed by atoms with van der Waals surface area (Å²) < 4.78 is 0. The van der Waals surface area contributed by atoms with E-state index in [-0.39, 0.29) is 10.6 Å². The number of nitrogens with zero attached hydrogens (tertiary/aromatic N) is 2. The third kappa shape index (κ3) is 2.56. The average molecular weight is 341 g/mol. The van der Waals surface area contributed by atoms with Crippen molar-refractivity contribution < 1.29 is 4.92 Å². The number of hydrogen-bond donors (Lipinski definition) is 1. The fraction of sp³-hybridized carbons (Fsp3) is 0. The lowest BCUT2D eigenvalue weighted by Crippen LogP contribution is -1.97. The van der Waals surface area contributed by atoms with Crippen molar-refractivity contribution in [2.75, 3.05) is 5.73 Å². The first-order valence-electron chi connectivity index (χ1n) is 8.12. The summed E-state index contributed by atoms with van der Waals surface area (Å²) in [5, 5.41) is 13.5. The number of hydrogen-bond acceptors (Lipinski definition) is 4. The van der Waals surface area contributed by atoms with Crippen LogP contribution in [0.15, 0.2) is 79.1 Å². The lowest BCUT2D eigenvalue weighted by atomic mass is 9.91. The van der Waals surface area contributed by atoms with Crippen molar-refractivity contribution in [2.45, 2.75) is 0 Å². The Bertz CT molecular complexity index is 1140. The summed E-state index contributed by atoms with van der Waals surface area (Å²) in [7, 11) is 0. The second-order valence-corrected chi connectivity index (χ2v) is 5.95. The Morgan fingerprint density at radius 3 is 2.42 bits per heavy atom. The molecule has 0 aliphatic rings. The first-order chi connectivity index (χ1) is 12.7. The molecule has 0 fully saturated rings. The Morgan fingerprint density at radius 2 is 1.62 bits per heavy atom. The Kier molecular flexibility index (Phi) is 3.82. The van der Waals surface area contributed by atoms with Gasteiger partial charge >= 0.3 is 0 Å². The molecule has 0 spiro atoms. The molecule has 0 atom stereocenters. The number of aromatic nitrogens is 1. The number of rotatable bonds is 3. The van der Waals surface area contributed by atoms with E-state index in [9.17, 15) is 10.1 Å². The molecule has 1 heterocycles. The van der Waals surface area contributed by atoms with Gasteiger partial charge in [0.1, 0.15) is 0 Å². The zero-order valence-electron chi connectivity index (χ0n) is 13.8. The van der Waals surface area contributed by atoms with Gasteiger partial charge in [0, 0.05) is 40.8 Å². The molecule has 0 amide bonds. The van der Waals surface area contributed by atoms with Gasteiger partial charge in [0.2, 0.25) is 0 Å². The average Bonchev–Trinajstić information content (AvgIpc) is 2.67. The lowest BCUT2D eigenvalue weighted by Gasteiger charge is -2.14. The van der Waals surface area contributed by atoms with Crippen molar-refractivity contribution in [3.05, 3.63) is 89.2 Å². The van der Waals surface area contributed by atoms with Gasteiger partial charge in [0.25, 0.3) is 5.69 Å². The lowest BCUT2D eigenvalue weighted by molar-refractivity contribution is -0.384. The van der Waals surface area contributed by atoms with Crippen LogP contribution in [0.25, 0.3) is 33.0 Å². The van der Waals surface area contributed by atoms with Crippen molar-refractivity contribution in [1.29, 1.82) is 0 Å². The standard InChI is InChI=1S/C21H15N3O2/c22-19-8-4-3-7-16(19)18-13-23-12-11-17(18)21-15-6-2-1-5-14(15)9-10-20(21)24(25)26/h1-13H,22H2. The molecule has 126 valence electrons. The number of nitro benzene ring substituents is 1. The molecule has 3 aromatic carbocycles. The van der Waals surface area contributed by atoms with Gasteiger partial charge in [0.05, 0.1) is 10.5 Å². The number of pyridine rings is 1. The third-order valence-electron chi connectivity index (χ3n) is 4.45. The third-order valence-corrected chi connectivity index (χ3v) is 4.45. The van der Waals surface area contributed by atoms with Gasteiger partial charge in [0.15, 0.2) is 0 Å². The Hall–Kier alpha value is -3.73. The molecule has 0 bridgehead atoms. The minimum absolute atomic E-state index is 0.0608. The molecule has 0 unspecified atom stereocenters. The van der Waals surface area contributed by atoms with Crippen molar-refractivity contribution in [3.8, 4) is 22.3 Å². The highest BCUT2D eigenvalue weighted by atomic mass is 16.6. The van der Waals surface area contributed by atoms with E-state index in [1.807, 2.05) is 48.5 Å². The number of nitrogen functional groups attached to an aromatic ring is 1. The molecule has 5 nitrogen and oxygen atoms in total. The van der Waals surface area contributed by atoms with Crippen LogP contribution < -0.4 is 5.73 Å². The molecule has 2 N–H and O–H groups in total. The van der Waals surface area contributed by atoms with Crippen LogP contribution in [0.1, 0.15) is 0 Å². The van der Waals surface area contributed by atoms with E-state index in [0.29, 0.717) is 11.3 Å². The number of fused-ring (bicyclic) bond motifs is 1. The first-order valence-corrected chi connectivity index (χ1v) is 8.12. The Labute approximate surface area is 149 Å². The van der Waals surface area contributed by atoms with Crippen LogP contribution in [0.4, 0.5) is 11.4 Å². The molecule has 4 aromatic rings. The number of nitro groups is 1. The second-order valence-electron chi connectivity index (χ2n) is 5.95. The second kappa shape index (κ2) is 6.29. The van der Waals surface area contributed by atoms with Gasteiger partial charge in [-0.3, -0.25) is 15.1 Å². The molecular weight excluding hydrogens is 326 g/mol. The summed E-state index contributed by atoms with van der Waals surface area (Å²) in [5.41, 5.74) is 9.70. The maximum atomic E-state index is 11.7. The maximum Gasteiger partial charge on any atom is 0.277 e. The summed E-state index contributed by atoms with van der Waals surface area (Å²) in [6.45, 7) is 0. The zero-order chi connectivity index (χ0) is 18.1. The molecule has 26 heavy (non-hydrogen) atoms. The van der Waals surface area contributed by atoms with Crippen molar-refractivity contribution in [1.82, 2.24) is 4.98 Å². The monoisotopic (exact) mass is 341 g/mol. The Morgan fingerprint density at radius 1 is 0.846 bits per heavy atom. The number of nitrogens with two attached hydrogens (primary N) is 1. The summed E-state index contributed by atoms with van der Waals surface area (Å²) in [6.07, 6.45) is 3.34. The SMILES string of the molecule is Nc1ccccc1-c1cnccc1-c1c([N+](=O)[O-])ccc2ccccc12. The zero-order valence-corrected chi connectivity index (χ0v) is 13.8. The fourth-order valence-corrected chi connectivity index (χ4v) is 3.26. The normalized spacial score (nSPS) is 10.8. The fourth-order valence-electron chi connectivity index (χ4n) is 3.26. The van der Waals surface area contributed by atoms with E-state index < -0.39 is 0 Å². The molecule has 4 rings (SSSR count). The summed E-state index contributed by atoms with van der Waals surface area (Å²) in [4.78, 5) is 15.6. The number of para-hydroxylation sites is 1. The largest absolute Gasteiger partial charge is 0.398 e. The van der Waals surface area contributed by atoms with Crippen LogP contribution >= 0.6 is 0 Å². The van der Waals surface area contributed by atoms with E-state index >= 15 is 0 Å². The molecule has 1 aromatic heterocycles. The van der Waals surface area contributed by atoms with E-state index in [4.69, 9.17) is 5.73 Å². The topological polar surface area (TPSA) is 82.0 Å². The minimum atomic E-state index is -0.347. The smallest absolute Gasteiger partial charge is 0.277 e. The van der Waals surface area contributed by atoms with Gasteiger partial charge in [-0.1, -0.05) is 42.5 Å². The highest BCUT2D eigenvalue weighted by Crippen LogP contribution is 2.42. The van der Waals surface area contributed by atoms with E-state index in [1.54, 1.807) is 30.6 Å². The van der Waals surface area contributed by atoms with E-state index in [0.717, 1.165) is 27.5 Å². The van der Waals surface area contributed by atoms with Crippen molar-refractivity contribution >= 4 is 22.1 Å². The van der Waals surface area contributed by atoms with Gasteiger partial charge < -0.3 is 5.73 Å². The number of benzene rings is 3. The summed E-state index contributed by atoms with van der Waals surface area (Å²) >= 11 is 0. The van der Waals surface area contributed by atoms with Crippen LogP contribution in [-0.4, -0.2) is 9.91 Å². The molecule has 0 saturated carbocycles. The van der Waals surface area contributed by atoms with Gasteiger partial charge in [-0.2, -0.15) is 0 Å². The molecule has 5 heteroatoms. The van der Waals surface area contributed by atoms with Gasteiger partial charge in [-0.25, -0.2) is 0 Å². The minimum Gasteiger partial charge on any atom is -0.398 e. The summed E-state index contributed by atoms with van der Waals surface area (Å²) in [5.74, 6) is 0. The van der Waals surface area contributed by atoms with Gasteiger partial charge in [-0.05, 0) is 29.0 Å². The number of anilines is 1. The predicted octanol–water partition coefficient (Wildman–Crippen LogP) is 5.06. The Balaban J connectivity index is 2.11.